The van der Waals surface area contributed by atoms with Crippen LogP contribution in [-0.2, 0) is 16.1 Å². The highest BCUT2D eigenvalue weighted by atomic mass is 19.1. The van der Waals surface area contributed by atoms with Crippen LogP contribution in [0.4, 0.5) is 10.1 Å². The lowest BCUT2D eigenvalue weighted by molar-refractivity contribution is -0.136. The van der Waals surface area contributed by atoms with Gasteiger partial charge in [-0.3, -0.25) is 19.5 Å². The average Bonchev–Trinajstić information content (AvgIpc) is 2.90. The van der Waals surface area contributed by atoms with Gasteiger partial charge in [0.15, 0.2) is 0 Å². The van der Waals surface area contributed by atoms with Crippen molar-refractivity contribution in [3.63, 3.8) is 0 Å². The number of aromatic nitrogens is 1. The summed E-state index contributed by atoms with van der Waals surface area (Å²) in [5, 5.41) is 2.99. The highest BCUT2D eigenvalue weighted by molar-refractivity contribution is 5.79. The first kappa shape index (κ1) is 24.1. The van der Waals surface area contributed by atoms with Crippen molar-refractivity contribution in [3.05, 3.63) is 60.2 Å². The lowest BCUT2D eigenvalue weighted by Crippen LogP contribution is -2.51. The molecule has 0 bridgehead atoms. The third kappa shape index (κ3) is 6.53. The zero-order valence-electron chi connectivity index (χ0n) is 19.7. The van der Waals surface area contributed by atoms with Crippen LogP contribution in [-0.4, -0.2) is 72.4 Å². The van der Waals surface area contributed by atoms with Gasteiger partial charge >= 0.3 is 0 Å². The Kier molecular flexibility index (Phi) is 8.46. The van der Waals surface area contributed by atoms with Gasteiger partial charge in [-0.2, -0.15) is 0 Å². The van der Waals surface area contributed by atoms with Gasteiger partial charge in [-0.05, 0) is 49.6 Å². The van der Waals surface area contributed by atoms with Crippen LogP contribution in [0.1, 0.15) is 31.2 Å². The van der Waals surface area contributed by atoms with Crippen LogP contribution in [0.25, 0.3) is 0 Å². The molecule has 1 unspecified atom stereocenters. The molecule has 0 radical (unpaired) electrons. The van der Waals surface area contributed by atoms with Crippen molar-refractivity contribution in [1.29, 1.82) is 0 Å². The molecular formula is C26H34FN5O2. The van der Waals surface area contributed by atoms with Crippen molar-refractivity contribution in [2.45, 2.75) is 32.2 Å². The SMILES string of the molecule is O=C1CCN(Cc2cccnc2)CCCC(C(=O)N2CCN(c3ccccc3F)CC2)CCN1. The van der Waals surface area contributed by atoms with E-state index < -0.39 is 0 Å². The molecule has 0 spiro atoms. The third-order valence-corrected chi connectivity index (χ3v) is 6.76. The number of nitrogens with one attached hydrogen (secondary N) is 1. The number of anilines is 1. The number of para-hydroxylation sites is 1. The first-order valence-electron chi connectivity index (χ1n) is 12.3. The summed E-state index contributed by atoms with van der Waals surface area (Å²) < 4.78 is 14.1. The summed E-state index contributed by atoms with van der Waals surface area (Å²) in [6, 6.07) is 10.8. The summed E-state index contributed by atoms with van der Waals surface area (Å²) in [4.78, 5) is 36.1. The maximum Gasteiger partial charge on any atom is 0.225 e. The Morgan fingerprint density at radius 1 is 1.03 bits per heavy atom. The Labute approximate surface area is 200 Å². The minimum Gasteiger partial charge on any atom is -0.366 e. The van der Waals surface area contributed by atoms with Crippen LogP contribution < -0.4 is 10.2 Å². The number of amides is 2. The predicted octanol–water partition coefficient (Wildman–Crippen LogP) is 2.68. The number of piperazine rings is 1. The molecule has 1 aromatic carbocycles. The summed E-state index contributed by atoms with van der Waals surface area (Å²) in [5.74, 6) is -0.154. The van der Waals surface area contributed by atoms with Gasteiger partial charge in [-0.25, -0.2) is 4.39 Å². The van der Waals surface area contributed by atoms with Crippen molar-refractivity contribution in [2.75, 3.05) is 50.7 Å². The van der Waals surface area contributed by atoms with Gasteiger partial charge in [0, 0.05) is 70.5 Å². The molecule has 34 heavy (non-hydrogen) atoms. The molecule has 182 valence electrons. The number of hydrogen-bond acceptors (Lipinski definition) is 5. The number of rotatable bonds is 4. The van der Waals surface area contributed by atoms with Crippen molar-refractivity contribution >= 4 is 17.5 Å². The number of benzene rings is 1. The largest absolute Gasteiger partial charge is 0.366 e. The van der Waals surface area contributed by atoms with E-state index >= 15 is 0 Å². The second-order valence-corrected chi connectivity index (χ2v) is 9.13. The molecule has 1 aromatic heterocycles. The van der Waals surface area contributed by atoms with E-state index in [1.54, 1.807) is 18.3 Å². The van der Waals surface area contributed by atoms with Gasteiger partial charge < -0.3 is 15.1 Å². The van der Waals surface area contributed by atoms with Crippen LogP contribution in [0.3, 0.4) is 0 Å². The molecule has 1 N–H and O–H groups in total. The molecule has 2 aliphatic rings. The molecule has 0 saturated carbocycles. The van der Waals surface area contributed by atoms with Crippen molar-refractivity contribution in [2.24, 2.45) is 5.92 Å². The first-order valence-corrected chi connectivity index (χ1v) is 12.3. The minimum atomic E-state index is -0.225. The van der Waals surface area contributed by atoms with E-state index in [-0.39, 0.29) is 23.5 Å². The number of pyridine rings is 1. The molecule has 3 heterocycles. The molecule has 0 aliphatic carbocycles. The maximum atomic E-state index is 14.1. The van der Waals surface area contributed by atoms with Crippen molar-refractivity contribution in [3.8, 4) is 0 Å². The van der Waals surface area contributed by atoms with Crippen molar-refractivity contribution < 1.29 is 14.0 Å². The number of hydrogen-bond donors (Lipinski definition) is 1. The van der Waals surface area contributed by atoms with E-state index in [0.717, 1.165) is 31.5 Å². The molecule has 2 fully saturated rings. The second-order valence-electron chi connectivity index (χ2n) is 9.13. The number of carbonyl (C=O) groups is 2. The molecule has 2 saturated heterocycles. The Bertz CT molecular complexity index is 949. The summed E-state index contributed by atoms with van der Waals surface area (Å²) in [5.41, 5.74) is 1.72. The Balaban J connectivity index is 1.34. The van der Waals surface area contributed by atoms with Gasteiger partial charge in [0.2, 0.25) is 11.8 Å². The molecule has 7 nitrogen and oxygen atoms in total. The normalized spacial score (nSPS) is 21.0. The quantitative estimate of drug-likeness (QED) is 0.749. The highest BCUT2D eigenvalue weighted by Crippen LogP contribution is 2.22. The fraction of sp³-hybridized carbons (Fsp3) is 0.500. The van der Waals surface area contributed by atoms with Gasteiger partial charge in [0.1, 0.15) is 5.82 Å². The lowest BCUT2D eigenvalue weighted by atomic mass is 9.97. The van der Waals surface area contributed by atoms with E-state index in [1.807, 2.05) is 34.2 Å². The van der Waals surface area contributed by atoms with Crippen molar-refractivity contribution in [1.82, 2.24) is 20.1 Å². The standard InChI is InChI=1S/C26H34FN5O2/c27-23-7-1-2-8-24(23)31-15-17-32(18-16-31)26(34)22-6-4-13-30(14-10-25(33)29-12-9-22)20-21-5-3-11-28-19-21/h1-3,5,7-8,11,19,22H,4,6,9-10,12-18,20H2,(H,29,33). The molecule has 1 atom stereocenters. The van der Waals surface area contributed by atoms with Crippen LogP contribution >= 0.6 is 0 Å². The van der Waals surface area contributed by atoms with Crippen LogP contribution in [0, 0.1) is 11.7 Å². The summed E-state index contributed by atoms with van der Waals surface area (Å²) in [6.07, 6.45) is 6.43. The number of carbonyl (C=O) groups excluding carboxylic acids is 2. The topological polar surface area (TPSA) is 68.8 Å². The first-order chi connectivity index (χ1) is 16.6. The maximum absolute atomic E-state index is 14.1. The zero-order valence-corrected chi connectivity index (χ0v) is 19.7. The van der Waals surface area contributed by atoms with Gasteiger partial charge in [0.05, 0.1) is 5.69 Å². The fourth-order valence-electron chi connectivity index (χ4n) is 4.84. The van der Waals surface area contributed by atoms with E-state index in [9.17, 15) is 14.0 Å². The molecular weight excluding hydrogens is 433 g/mol. The zero-order chi connectivity index (χ0) is 23.8. The minimum absolute atomic E-state index is 0.0304. The van der Waals surface area contributed by atoms with Gasteiger partial charge in [-0.1, -0.05) is 18.2 Å². The van der Waals surface area contributed by atoms with Crippen LogP contribution in [0.2, 0.25) is 0 Å². The average molecular weight is 468 g/mol. The molecule has 8 heteroatoms. The molecule has 2 aromatic rings. The monoisotopic (exact) mass is 467 g/mol. The van der Waals surface area contributed by atoms with E-state index in [1.165, 1.54) is 6.07 Å². The van der Waals surface area contributed by atoms with Crippen LogP contribution in [0.15, 0.2) is 48.8 Å². The van der Waals surface area contributed by atoms with Gasteiger partial charge in [-0.15, -0.1) is 0 Å². The Hall–Kier alpha value is -3.00. The number of nitrogens with zero attached hydrogens (tertiary/aromatic N) is 4. The lowest BCUT2D eigenvalue weighted by Gasteiger charge is -2.37. The summed E-state index contributed by atoms with van der Waals surface area (Å²) in [6.45, 7) is 5.21. The van der Waals surface area contributed by atoms with Crippen LogP contribution in [0.5, 0.6) is 0 Å². The van der Waals surface area contributed by atoms with E-state index in [0.29, 0.717) is 57.8 Å². The summed E-state index contributed by atoms with van der Waals surface area (Å²) in [7, 11) is 0. The predicted molar refractivity (Wildman–Crippen MR) is 130 cm³/mol. The van der Waals surface area contributed by atoms with E-state index in [4.69, 9.17) is 0 Å². The fourth-order valence-corrected chi connectivity index (χ4v) is 4.84. The molecule has 2 aliphatic heterocycles. The van der Waals surface area contributed by atoms with Gasteiger partial charge in [0.25, 0.3) is 0 Å². The second kappa shape index (κ2) is 11.9. The molecule has 4 rings (SSSR count). The highest BCUT2D eigenvalue weighted by Gasteiger charge is 2.28. The Morgan fingerprint density at radius 3 is 2.62 bits per heavy atom. The smallest absolute Gasteiger partial charge is 0.225 e. The third-order valence-electron chi connectivity index (χ3n) is 6.76. The Morgan fingerprint density at radius 2 is 1.85 bits per heavy atom. The van der Waals surface area contributed by atoms with E-state index in [2.05, 4.69) is 15.2 Å². The summed E-state index contributed by atoms with van der Waals surface area (Å²) >= 11 is 0. The number of halogens is 1. The molecule has 2 amide bonds.